The van der Waals surface area contributed by atoms with Crippen molar-refractivity contribution < 1.29 is 28.1 Å². The van der Waals surface area contributed by atoms with Crippen LogP contribution in [0.3, 0.4) is 0 Å². The van der Waals surface area contributed by atoms with Gasteiger partial charge in [0.2, 0.25) is 0 Å². The first-order valence-corrected chi connectivity index (χ1v) is 16.4. The van der Waals surface area contributed by atoms with Crippen molar-refractivity contribution in [2.24, 2.45) is 0 Å². The number of ether oxygens (including phenoxy) is 2. The number of nitrogens with zero attached hydrogens (tertiary/aromatic N) is 4. The number of hydrogen-bond donors (Lipinski definition) is 3. The minimum Gasteiger partial charge on any atom is -0.493 e. The first kappa shape index (κ1) is 32.5. The molecule has 0 aliphatic heterocycles. The van der Waals surface area contributed by atoms with Crippen LogP contribution in [0.5, 0.6) is 11.5 Å². The molecule has 3 aromatic heterocycles. The molecule has 0 unspecified atom stereocenters. The molecule has 0 aliphatic carbocycles. The lowest BCUT2D eigenvalue weighted by molar-refractivity contribution is 0.160. The molecule has 3 N–H and O–H groups in total. The second kappa shape index (κ2) is 14.4. The minimum atomic E-state index is -4.01. The normalized spacial score (nSPS) is 12.0. The van der Waals surface area contributed by atoms with Gasteiger partial charge in [0.05, 0.1) is 43.5 Å². The van der Waals surface area contributed by atoms with Crippen molar-refractivity contribution in [1.29, 1.82) is 0 Å². The molecule has 0 aliphatic rings. The highest BCUT2D eigenvalue weighted by Gasteiger charge is 2.27. The lowest BCUT2D eigenvalue weighted by atomic mass is 10.1. The summed E-state index contributed by atoms with van der Waals surface area (Å²) in [6.45, 7) is 5.95. The Balaban J connectivity index is 1.53. The summed E-state index contributed by atoms with van der Waals surface area (Å²) in [6.07, 6.45) is 4.44. The van der Waals surface area contributed by atoms with Crippen molar-refractivity contribution >= 4 is 32.0 Å². The fraction of sp³-hybridized carbons (Fsp3) is 0.364. The lowest BCUT2D eigenvalue weighted by Gasteiger charge is -2.20. The van der Waals surface area contributed by atoms with Crippen molar-refractivity contribution in [3.63, 3.8) is 0 Å². The highest BCUT2D eigenvalue weighted by atomic mass is 32.2. The molecular formula is C33H41N5O6S. The Bertz CT molecular complexity index is 1840. The molecular weight excluding hydrogens is 594 g/mol. The van der Waals surface area contributed by atoms with E-state index in [1.54, 1.807) is 50.7 Å². The zero-order chi connectivity index (χ0) is 32.0. The van der Waals surface area contributed by atoms with Gasteiger partial charge in [-0.2, -0.15) is 0 Å². The molecule has 0 amide bonds. The van der Waals surface area contributed by atoms with Crippen LogP contribution >= 0.6 is 0 Å². The maximum atomic E-state index is 14.2. The van der Waals surface area contributed by atoms with E-state index < -0.39 is 10.0 Å². The molecule has 5 rings (SSSR count). The molecule has 240 valence electrons. The van der Waals surface area contributed by atoms with E-state index in [-0.39, 0.29) is 18.1 Å². The topological polar surface area (TPSA) is 131 Å². The van der Waals surface area contributed by atoms with E-state index in [1.807, 2.05) is 42.3 Å². The number of nitrogens with one attached hydrogen (secondary N) is 1. The summed E-state index contributed by atoms with van der Waals surface area (Å²) in [5.74, 6) is 1.12. The van der Waals surface area contributed by atoms with Gasteiger partial charge < -0.3 is 29.6 Å². The van der Waals surface area contributed by atoms with Crippen LogP contribution in [0.25, 0.3) is 33.2 Å². The van der Waals surface area contributed by atoms with Crippen LogP contribution in [0.4, 0.5) is 0 Å². The summed E-state index contributed by atoms with van der Waals surface area (Å²) in [5.41, 5.74) is 3.42. The third-order valence-corrected chi connectivity index (χ3v) is 9.65. The summed E-state index contributed by atoms with van der Waals surface area (Å²) < 4.78 is 43.1. The molecule has 2 aromatic carbocycles. The van der Waals surface area contributed by atoms with E-state index in [1.165, 1.54) is 3.97 Å². The summed E-state index contributed by atoms with van der Waals surface area (Å²) in [7, 11) is -0.837. The van der Waals surface area contributed by atoms with Crippen LogP contribution in [0.15, 0.2) is 71.9 Å². The molecule has 0 saturated heterocycles. The Labute approximate surface area is 263 Å². The Morgan fingerprint density at radius 1 is 0.933 bits per heavy atom. The number of aryl methyl sites for hydroxylation is 1. The van der Waals surface area contributed by atoms with Gasteiger partial charge >= 0.3 is 0 Å². The van der Waals surface area contributed by atoms with Crippen LogP contribution in [0.2, 0.25) is 0 Å². The number of benzene rings is 2. The molecule has 3 heterocycles. The van der Waals surface area contributed by atoms with Crippen LogP contribution in [0, 0.1) is 6.92 Å². The first-order chi connectivity index (χ1) is 21.8. The molecule has 0 atom stereocenters. The number of pyridine rings is 1. The molecule has 0 fully saturated rings. The fourth-order valence-electron chi connectivity index (χ4n) is 5.63. The number of aliphatic hydroxyl groups is 2. The van der Waals surface area contributed by atoms with Gasteiger partial charge in [-0.05, 0) is 62.8 Å². The average Bonchev–Trinajstić information content (AvgIpc) is 3.60. The van der Waals surface area contributed by atoms with Crippen molar-refractivity contribution in [2.45, 2.75) is 24.8 Å². The Kier molecular flexibility index (Phi) is 10.4. The second-order valence-electron chi connectivity index (χ2n) is 10.9. The van der Waals surface area contributed by atoms with E-state index in [2.05, 4.69) is 14.9 Å². The van der Waals surface area contributed by atoms with Gasteiger partial charge in [-0.25, -0.2) is 17.4 Å². The number of hydrogen-bond acceptors (Lipinski definition) is 9. The molecule has 5 aromatic rings. The molecule has 0 bridgehead atoms. The third kappa shape index (κ3) is 6.85. The standard InChI is InChI=1S/C33H41N5O6S/c1-24-7-9-26(10-8-24)45(41,42)38-30(20-25-6-4-12-35-33(25)38)28-23-37(29-22-32(44-3)31(43-2)21-27(28)29)15-13-34-11-5-14-36(16-18-39)17-19-40/h4,6-10,12,20-23,34,39-40H,5,11,13-19H2,1-3H3. The maximum Gasteiger partial charge on any atom is 0.269 e. The van der Waals surface area contributed by atoms with Gasteiger partial charge in [-0.1, -0.05) is 17.7 Å². The van der Waals surface area contributed by atoms with Crippen molar-refractivity contribution in [3.8, 4) is 22.8 Å². The second-order valence-corrected chi connectivity index (χ2v) is 12.7. The Morgan fingerprint density at radius 3 is 2.33 bits per heavy atom. The monoisotopic (exact) mass is 635 g/mol. The number of fused-ring (bicyclic) bond motifs is 2. The maximum absolute atomic E-state index is 14.2. The van der Waals surface area contributed by atoms with Gasteiger partial charge in [0, 0.05) is 61.0 Å². The van der Waals surface area contributed by atoms with Gasteiger partial charge in [-0.3, -0.25) is 4.90 Å². The highest BCUT2D eigenvalue weighted by Crippen LogP contribution is 2.41. The van der Waals surface area contributed by atoms with Crippen molar-refractivity contribution in [3.05, 3.63) is 72.6 Å². The third-order valence-electron chi connectivity index (χ3n) is 7.93. The molecule has 0 radical (unpaired) electrons. The highest BCUT2D eigenvalue weighted by molar-refractivity contribution is 7.90. The summed E-state index contributed by atoms with van der Waals surface area (Å²) >= 11 is 0. The SMILES string of the molecule is COc1cc2c(-c3cc4cccnc4n3S(=O)(=O)c3ccc(C)cc3)cn(CCNCCCN(CCO)CCO)c2cc1OC. The van der Waals surface area contributed by atoms with E-state index in [0.29, 0.717) is 54.4 Å². The smallest absolute Gasteiger partial charge is 0.269 e. The fourth-order valence-corrected chi connectivity index (χ4v) is 7.12. The number of aliphatic hydroxyl groups excluding tert-OH is 2. The van der Waals surface area contributed by atoms with Crippen LogP contribution < -0.4 is 14.8 Å². The van der Waals surface area contributed by atoms with Crippen LogP contribution in [-0.2, 0) is 16.6 Å². The molecule has 0 spiro atoms. The zero-order valence-electron chi connectivity index (χ0n) is 25.9. The summed E-state index contributed by atoms with van der Waals surface area (Å²) in [6, 6.07) is 16.2. The van der Waals surface area contributed by atoms with Gasteiger partial charge in [-0.15, -0.1) is 0 Å². The van der Waals surface area contributed by atoms with Crippen LogP contribution in [0.1, 0.15) is 12.0 Å². The van der Waals surface area contributed by atoms with Gasteiger partial charge in [0.15, 0.2) is 17.1 Å². The first-order valence-electron chi connectivity index (χ1n) is 15.0. The predicted octanol–water partition coefficient (Wildman–Crippen LogP) is 3.49. The summed E-state index contributed by atoms with van der Waals surface area (Å²) in [4.78, 5) is 6.70. The predicted molar refractivity (Wildman–Crippen MR) is 176 cm³/mol. The number of rotatable bonds is 16. The van der Waals surface area contributed by atoms with Crippen molar-refractivity contribution in [2.75, 3.05) is 60.2 Å². The zero-order valence-corrected chi connectivity index (χ0v) is 26.8. The quantitative estimate of drug-likeness (QED) is 0.140. The average molecular weight is 636 g/mol. The molecule has 0 saturated carbocycles. The van der Waals surface area contributed by atoms with Crippen molar-refractivity contribution in [1.82, 2.24) is 23.7 Å². The Morgan fingerprint density at radius 2 is 1.64 bits per heavy atom. The largest absolute Gasteiger partial charge is 0.493 e. The van der Waals surface area contributed by atoms with E-state index in [4.69, 9.17) is 9.47 Å². The Hall–Kier alpha value is -3.94. The van der Waals surface area contributed by atoms with E-state index >= 15 is 0 Å². The van der Waals surface area contributed by atoms with E-state index in [9.17, 15) is 18.6 Å². The van der Waals surface area contributed by atoms with Gasteiger partial charge in [0.1, 0.15) is 0 Å². The number of aromatic nitrogens is 3. The molecule has 45 heavy (non-hydrogen) atoms. The minimum absolute atomic E-state index is 0.0615. The summed E-state index contributed by atoms with van der Waals surface area (Å²) in [5, 5.41) is 23.5. The van der Waals surface area contributed by atoms with Gasteiger partial charge in [0.25, 0.3) is 10.0 Å². The number of methoxy groups -OCH3 is 2. The van der Waals surface area contributed by atoms with E-state index in [0.717, 1.165) is 41.5 Å². The lowest BCUT2D eigenvalue weighted by Crippen LogP contribution is -2.32. The molecule has 12 heteroatoms. The van der Waals surface area contributed by atoms with Crippen LogP contribution in [-0.4, -0.2) is 97.2 Å². The molecule has 11 nitrogen and oxygen atoms in total.